The molecule has 0 radical (unpaired) electrons. The van der Waals surface area contributed by atoms with Crippen LogP contribution in [0.5, 0.6) is 0 Å². The molecular weight excluding hydrogens is 447 g/mol. The Morgan fingerprint density at radius 1 is 1.06 bits per heavy atom. The van der Waals surface area contributed by atoms with E-state index in [9.17, 15) is 12.8 Å². The van der Waals surface area contributed by atoms with E-state index >= 15 is 0 Å². The second-order valence-electron chi connectivity index (χ2n) is 8.31. The predicted molar refractivity (Wildman–Crippen MR) is 126 cm³/mol. The first-order chi connectivity index (χ1) is 15.3. The van der Waals surface area contributed by atoms with Crippen LogP contribution >= 0.6 is 11.6 Å². The zero-order valence-electron chi connectivity index (χ0n) is 17.3. The lowest BCUT2D eigenvalue weighted by molar-refractivity contribution is 0.413. The molecule has 3 aromatic carbocycles. The highest BCUT2D eigenvalue weighted by molar-refractivity contribution is 7.92. The topological polar surface area (TPSA) is 58.2 Å². The van der Waals surface area contributed by atoms with E-state index in [4.69, 9.17) is 11.6 Å². The van der Waals surface area contributed by atoms with Gasteiger partial charge >= 0.3 is 0 Å². The molecule has 1 aliphatic carbocycles. The largest absolute Gasteiger partial charge is 0.378 e. The van der Waals surface area contributed by atoms with Gasteiger partial charge in [0.05, 0.1) is 16.6 Å². The van der Waals surface area contributed by atoms with Crippen molar-refractivity contribution in [2.24, 2.45) is 5.92 Å². The molecule has 0 fully saturated rings. The van der Waals surface area contributed by atoms with Crippen LogP contribution in [0.15, 0.2) is 77.7 Å². The number of aryl methyl sites for hydroxylation is 1. The molecule has 0 spiro atoms. The minimum Gasteiger partial charge on any atom is -0.378 e. The molecule has 5 rings (SSSR count). The Hall–Kier alpha value is -2.83. The lowest BCUT2D eigenvalue weighted by Gasteiger charge is -2.37. The molecule has 0 aromatic heterocycles. The average Bonchev–Trinajstić information content (AvgIpc) is 3.26. The van der Waals surface area contributed by atoms with Crippen molar-refractivity contribution < 1.29 is 12.8 Å². The van der Waals surface area contributed by atoms with E-state index < -0.39 is 10.0 Å². The number of nitrogens with one attached hydrogen (secondary N) is 2. The average molecular weight is 469 g/mol. The van der Waals surface area contributed by atoms with Gasteiger partial charge in [0.1, 0.15) is 5.82 Å². The Bertz CT molecular complexity index is 1340. The fraction of sp³-hybridized carbons (Fsp3) is 0.200. The Morgan fingerprint density at radius 3 is 2.66 bits per heavy atom. The smallest absolute Gasteiger partial charge is 0.261 e. The van der Waals surface area contributed by atoms with Crippen LogP contribution in [0, 0.1) is 18.7 Å². The van der Waals surface area contributed by atoms with Gasteiger partial charge in [-0.3, -0.25) is 4.72 Å². The van der Waals surface area contributed by atoms with Gasteiger partial charge in [0.15, 0.2) is 0 Å². The maximum Gasteiger partial charge on any atom is 0.261 e. The van der Waals surface area contributed by atoms with Gasteiger partial charge in [-0.1, -0.05) is 42.0 Å². The molecule has 32 heavy (non-hydrogen) atoms. The summed E-state index contributed by atoms with van der Waals surface area (Å²) in [6.45, 7) is 1.80. The standard InChI is InChI=1S/C25H22ClFN2O2S/c1-15-13-16(26)9-11-23(15)29-32(30,31)17-10-12-24-21(14-17)18-6-4-7-19(18)25(28-24)20-5-2-3-8-22(20)27/h2-6,8-14,18-19,25,28-29H,7H2,1H3/t18-,19+,25-/m0/s1. The predicted octanol–water partition coefficient (Wildman–Crippen LogP) is 6.41. The number of anilines is 2. The summed E-state index contributed by atoms with van der Waals surface area (Å²) in [4.78, 5) is 0.191. The van der Waals surface area contributed by atoms with Crippen molar-refractivity contribution in [2.45, 2.75) is 30.2 Å². The third kappa shape index (κ3) is 3.67. The van der Waals surface area contributed by atoms with Crippen LogP contribution in [-0.4, -0.2) is 8.42 Å². The number of benzene rings is 3. The van der Waals surface area contributed by atoms with Crippen molar-refractivity contribution in [3.63, 3.8) is 0 Å². The first kappa shape index (κ1) is 21.0. The van der Waals surface area contributed by atoms with E-state index in [1.165, 1.54) is 6.07 Å². The zero-order valence-corrected chi connectivity index (χ0v) is 18.9. The first-order valence-corrected chi connectivity index (χ1v) is 12.3. The number of hydrogen-bond donors (Lipinski definition) is 2. The minimum atomic E-state index is -3.79. The monoisotopic (exact) mass is 468 g/mol. The van der Waals surface area contributed by atoms with Crippen LogP contribution in [0.25, 0.3) is 0 Å². The van der Waals surface area contributed by atoms with Crippen LogP contribution in [0.3, 0.4) is 0 Å². The maximum absolute atomic E-state index is 14.5. The van der Waals surface area contributed by atoms with Crippen molar-refractivity contribution >= 4 is 33.0 Å². The highest BCUT2D eigenvalue weighted by atomic mass is 35.5. The molecular formula is C25H22ClFN2O2S. The second kappa shape index (κ2) is 7.94. The third-order valence-corrected chi connectivity index (χ3v) is 7.92. The van der Waals surface area contributed by atoms with E-state index in [0.29, 0.717) is 16.3 Å². The van der Waals surface area contributed by atoms with E-state index in [2.05, 4.69) is 22.2 Å². The minimum absolute atomic E-state index is 0.0169. The van der Waals surface area contributed by atoms with E-state index in [-0.39, 0.29) is 28.6 Å². The molecule has 1 aliphatic heterocycles. The van der Waals surface area contributed by atoms with Crippen molar-refractivity contribution in [3.05, 3.63) is 100 Å². The highest BCUT2D eigenvalue weighted by Gasteiger charge is 2.39. The van der Waals surface area contributed by atoms with Gasteiger partial charge < -0.3 is 5.32 Å². The van der Waals surface area contributed by atoms with Crippen LogP contribution < -0.4 is 10.0 Å². The summed E-state index contributed by atoms with van der Waals surface area (Å²) < 4.78 is 43.4. The maximum atomic E-state index is 14.5. The van der Waals surface area contributed by atoms with Gasteiger partial charge in [0, 0.05) is 22.2 Å². The molecule has 0 saturated heterocycles. The Labute approximate surface area is 192 Å². The summed E-state index contributed by atoms with van der Waals surface area (Å²) >= 11 is 5.99. The number of fused-ring (bicyclic) bond motifs is 3. The van der Waals surface area contributed by atoms with Crippen molar-refractivity contribution in [1.29, 1.82) is 0 Å². The summed E-state index contributed by atoms with van der Waals surface area (Å²) in [7, 11) is -3.79. The number of sulfonamides is 1. The molecule has 1 heterocycles. The first-order valence-electron chi connectivity index (χ1n) is 10.4. The van der Waals surface area contributed by atoms with Crippen molar-refractivity contribution in [2.75, 3.05) is 10.0 Å². The van der Waals surface area contributed by atoms with Gasteiger partial charge in [-0.25, -0.2) is 12.8 Å². The molecule has 0 saturated carbocycles. The SMILES string of the molecule is Cc1cc(Cl)ccc1NS(=O)(=O)c1ccc2c(c1)[C@H]1C=CC[C@H]1[C@@H](c1ccccc1F)N2. The lowest BCUT2D eigenvalue weighted by Crippen LogP contribution is -2.30. The fourth-order valence-electron chi connectivity index (χ4n) is 4.72. The van der Waals surface area contributed by atoms with Gasteiger partial charge in [-0.15, -0.1) is 0 Å². The third-order valence-electron chi connectivity index (χ3n) is 6.32. The molecule has 4 nitrogen and oxygen atoms in total. The van der Waals surface area contributed by atoms with Crippen molar-refractivity contribution in [3.8, 4) is 0 Å². The molecule has 3 atom stereocenters. The normalized spacial score (nSPS) is 21.5. The van der Waals surface area contributed by atoms with E-state index in [1.807, 2.05) is 12.1 Å². The number of halogens is 2. The highest BCUT2D eigenvalue weighted by Crippen LogP contribution is 2.50. The molecule has 164 valence electrons. The van der Waals surface area contributed by atoms with Gasteiger partial charge in [-0.2, -0.15) is 0 Å². The number of rotatable bonds is 4. The van der Waals surface area contributed by atoms with Crippen LogP contribution in [0.2, 0.25) is 5.02 Å². The summed E-state index contributed by atoms with van der Waals surface area (Å²) in [6.07, 6.45) is 5.00. The summed E-state index contributed by atoms with van der Waals surface area (Å²) in [5.41, 5.74) is 3.60. The molecule has 0 bridgehead atoms. The van der Waals surface area contributed by atoms with Crippen LogP contribution in [-0.2, 0) is 10.0 Å². The second-order valence-corrected chi connectivity index (χ2v) is 10.4. The Morgan fingerprint density at radius 2 is 1.88 bits per heavy atom. The van der Waals surface area contributed by atoms with Crippen LogP contribution in [0.4, 0.5) is 15.8 Å². The zero-order chi connectivity index (χ0) is 22.5. The Balaban J connectivity index is 1.50. The summed E-state index contributed by atoms with van der Waals surface area (Å²) in [6, 6.07) is 16.7. The molecule has 7 heteroatoms. The number of allylic oxidation sites excluding steroid dienone is 2. The van der Waals surface area contributed by atoms with E-state index in [1.54, 1.807) is 49.4 Å². The fourth-order valence-corrected chi connectivity index (χ4v) is 6.11. The van der Waals surface area contributed by atoms with Gasteiger partial charge in [0.2, 0.25) is 0 Å². The molecule has 0 amide bonds. The molecule has 2 N–H and O–H groups in total. The summed E-state index contributed by atoms with van der Waals surface area (Å²) in [5, 5.41) is 4.01. The lowest BCUT2D eigenvalue weighted by atomic mass is 9.77. The van der Waals surface area contributed by atoms with Gasteiger partial charge in [-0.05, 0) is 72.9 Å². The van der Waals surface area contributed by atoms with E-state index in [0.717, 1.165) is 23.2 Å². The molecule has 2 aliphatic rings. The Kier molecular flexibility index (Phi) is 5.22. The molecule has 0 unspecified atom stereocenters. The quantitative estimate of drug-likeness (QED) is 0.434. The molecule has 3 aromatic rings. The summed E-state index contributed by atoms with van der Waals surface area (Å²) in [5.74, 6) is -0.104. The van der Waals surface area contributed by atoms with Crippen molar-refractivity contribution in [1.82, 2.24) is 0 Å². The van der Waals surface area contributed by atoms with Crippen LogP contribution in [0.1, 0.15) is 35.1 Å². The van der Waals surface area contributed by atoms with Gasteiger partial charge in [0.25, 0.3) is 10.0 Å². The number of hydrogen-bond acceptors (Lipinski definition) is 3.